The zero-order valence-corrected chi connectivity index (χ0v) is 11.7. The minimum Gasteiger partial charge on any atom is -0.466 e. The number of benzene rings is 2. The average molecular weight is 280 g/mol. The number of hydrogen-bond acceptors (Lipinski definition) is 3. The SMILES string of the molecule is CCOC(=O)CC(N)c1cccc2ccccc12.Cl. The van der Waals surface area contributed by atoms with Crippen molar-refractivity contribution >= 4 is 29.1 Å². The Hall–Kier alpha value is -1.58. The molecule has 0 aliphatic rings. The lowest BCUT2D eigenvalue weighted by Gasteiger charge is -2.14. The lowest BCUT2D eigenvalue weighted by molar-refractivity contribution is -0.143. The predicted molar refractivity (Wildman–Crippen MR) is 79.4 cm³/mol. The van der Waals surface area contributed by atoms with E-state index in [4.69, 9.17) is 10.5 Å². The fourth-order valence-electron chi connectivity index (χ4n) is 2.08. The summed E-state index contributed by atoms with van der Waals surface area (Å²) in [5, 5.41) is 2.23. The van der Waals surface area contributed by atoms with Gasteiger partial charge in [0.05, 0.1) is 13.0 Å². The molecule has 0 saturated heterocycles. The summed E-state index contributed by atoms with van der Waals surface area (Å²) in [6.45, 7) is 2.18. The Bertz CT molecular complexity index is 551. The summed E-state index contributed by atoms with van der Waals surface area (Å²) in [5.41, 5.74) is 7.08. The molecule has 0 aliphatic heterocycles. The minimum atomic E-state index is -0.324. The first-order valence-corrected chi connectivity index (χ1v) is 6.11. The van der Waals surface area contributed by atoms with Gasteiger partial charge >= 0.3 is 5.97 Å². The maximum atomic E-state index is 11.5. The Morgan fingerprint density at radius 3 is 2.63 bits per heavy atom. The molecule has 0 saturated carbocycles. The lowest BCUT2D eigenvalue weighted by Crippen LogP contribution is -2.17. The molecule has 0 amide bonds. The van der Waals surface area contributed by atoms with Crippen LogP contribution in [0.3, 0.4) is 0 Å². The molecule has 0 spiro atoms. The lowest BCUT2D eigenvalue weighted by atomic mass is 9.97. The molecule has 3 nitrogen and oxygen atoms in total. The van der Waals surface area contributed by atoms with Crippen molar-refractivity contribution in [2.75, 3.05) is 6.61 Å². The van der Waals surface area contributed by atoms with Gasteiger partial charge in [-0.25, -0.2) is 0 Å². The highest BCUT2D eigenvalue weighted by molar-refractivity contribution is 5.86. The Kier molecular flexibility index (Phi) is 5.80. The number of hydrogen-bond donors (Lipinski definition) is 1. The molecule has 102 valence electrons. The van der Waals surface area contributed by atoms with Crippen LogP contribution in [0, 0.1) is 0 Å². The third kappa shape index (κ3) is 3.69. The van der Waals surface area contributed by atoms with Crippen molar-refractivity contribution in [3.8, 4) is 0 Å². The number of halogens is 1. The highest BCUT2D eigenvalue weighted by atomic mass is 35.5. The molecule has 0 radical (unpaired) electrons. The average Bonchev–Trinajstić information content (AvgIpc) is 2.38. The van der Waals surface area contributed by atoms with Crippen molar-refractivity contribution in [1.29, 1.82) is 0 Å². The van der Waals surface area contributed by atoms with E-state index in [0.29, 0.717) is 6.61 Å². The number of ether oxygens (including phenoxy) is 1. The summed E-state index contributed by atoms with van der Waals surface area (Å²) in [5.74, 6) is -0.252. The smallest absolute Gasteiger partial charge is 0.307 e. The van der Waals surface area contributed by atoms with Crippen molar-refractivity contribution in [2.24, 2.45) is 5.73 Å². The molecular formula is C15H18ClNO2. The summed E-state index contributed by atoms with van der Waals surface area (Å²) in [4.78, 5) is 11.5. The van der Waals surface area contributed by atoms with Gasteiger partial charge in [0.15, 0.2) is 0 Å². The van der Waals surface area contributed by atoms with E-state index in [-0.39, 0.29) is 30.8 Å². The van der Waals surface area contributed by atoms with Gasteiger partial charge in [0.2, 0.25) is 0 Å². The zero-order valence-electron chi connectivity index (χ0n) is 10.8. The standard InChI is InChI=1S/C15H17NO2.ClH/c1-2-18-15(17)10-14(16)13-9-5-7-11-6-3-4-8-12(11)13;/h3-9,14H,2,10,16H2,1H3;1H. The molecule has 1 atom stereocenters. The van der Waals surface area contributed by atoms with Crippen LogP contribution in [-0.2, 0) is 9.53 Å². The normalized spacial score (nSPS) is 11.7. The van der Waals surface area contributed by atoms with Gasteiger partial charge in [-0.2, -0.15) is 0 Å². The molecule has 4 heteroatoms. The van der Waals surface area contributed by atoms with Crippen molar-refractivity contribution in [2.45, 2.75) is 19.4 Å². The Morgan fingerprint density at radius 1 is 1.21 bits per heavy atom. The van der Waals surface area contributed by atoms with Crippen LogP contribution in [0.2, 0.25) is 0 Å². The minimum absolute atomic E-state index is 0. The molecule has 2 aromatic carbocycles. The predicted octanol–water partition coefficient (Wildman–Crippen LogP) is 3.21. The Balaban J connectivity index is 0.00000180. The van der Waals surface area contributed by atoms with E-state index >= 15 is 0 Å². The molecule has 0 aliphatic carbocycles. The first-order valence-electron chi connectivity index (χ1n) is 6.11. The fraction of sp³-hybridized carbons (Fsp3) is 0.267. The third-order valence-electron chi connectivity index (χ3n) is 2.91. The van der Waals surface area contributed by atoms with E-state index in [9.17, 15) is 4.79 Å². The van der Waals surface area contributed by atoms with Crippen molar-refractivity contribution in [3.63, 3.8) is 0 Å². The van der Waals surface area contributed by atoms with Gasteiger partial charge in [-0.3, -0.25) is 4.79 Å². The molecule has 0 fully saturated rings. The monoisotopic (exact) mass is 279 g/mol. The summed E-state index contributed by atoms with van der Waals surface area (Å²) >= 11 is 0. The molecule has 2 rings (SSSR count). The van der Waals surface area contributed by atoms with E-state index in [1.807, 2.05) is 42.5 Å². The number of nitrogens with two attached hydrogens (primary N) is 1. The summed E-state index contributed by atoms with van der Waals surface area (Å²) in [7, 11) is 0. The van der Waals surface area contributed by atoms with E-state index in [1.165, 1.54) is 0 Å². The first kappa shape index (κ1) is 15.5. The van der Waals surface area contributed by atoms with Crippen LogP contribution < -0.4 is 5.73 Å². The van der Waals surface area contributed by atoms with E-state index < -0.39 is 0 Å². The van der Waals surface area contributed by atoms with Gasteiger partial charge in [0.25, 0.3) is 0 Å². The summed E-state index contributed by atoms with van der Waals surface area (Å²) < 4.78 is 4.93. The van der Waals surface area contributed by atoms with Gasteiger partial charge in [-0.05, 0) is 23.3 Å². The molecule has 0 heterocycles. The number of esters is 1. The van der Waals surface area contributed by atoms with Gasteiger partial charge in [-0.15, -0.1) is 12.4 Å². The molecule has 1 unspecified atom stereocenters. The second kappa shape index (κ2) is 7.12. The van der Waals surface area contributed by atoms with Gasteiger partial charge < -0.3 is 10.5 Å². The number of carbonyl (C=O) groups excluding carboxylic acids is 1. The van der Waals surface area contributed by atoms with Crippen molar-refractivity contribution < 1.29 is 9.53 Å². The van der Waals surface area contributed by atoms with Crippen LogP contribution in [-0.4, -0.2) is 12.6 Å². The maximum Gasteiger partial charge on any atom is 0.307 e. The van der Waals surface area contributed by atoms with E-state index in [1.54, 1.807) is 6.92 Å². The molecule has 19 heavy (non-hydrogen) atoms. The van der Waals surface area contributed by atoms with Crippen LogP contribution in [0.25, 0.3) is 10.8 Å². The third-order valence-corrected chi connectivity index (χ3v) is 2.91. The van der Waals surface area contributed by atoms with E-state index in [0.717, 1.165) is 16.3 Å². The molecule has 0 bridgehead atoms. The largest absolute Gasteiger partial charge is 0.466 e. The molecular weight excluding hydrogens is 262 g/mol. The van der Waals surface area contributed by atoms with Gasteiger partial charge in [0.1, 0.15) is 0 Å². The zero-order chi connectivity index (χ0) is 13.0. The van der Waals surface area contributed by atoms with Gasteiger partial charge in [0, 0.05) is 6.04 Å². The van der Waals surface area contributed by atoms with Crippen LogP contribution in [0.5, 0.6) is 0 Å². The number of rotatable bonds is 4. The summed E-state index contributed by atoms with van der Waals surface area (Å²) in [6.07, 6.45) is 0.210. The number of fused-ring (bicyclic) bond motifs is 1. The Labute approximate surface area is 119 Å². The highest BCUT2D eigenvalue weighted by Gasteiger charge is 2.14. The molecule has 2 N–H and O–H groups in total. The summed E-state index contributed by atoms with van der Waals surface area (Å²) in [6, 6.07) is 13.7. The second-order valence-corrected chi connectivity index (χ2v) is 4.18. The second-order valence-electron chi connectivity index (χ2n) is 4.18. The maximum absolute atomic E-state index is 11.5. The van der Waals surface area contributed by atoms with Crippen LogP contribution in [0.4, 0.5) is 0 Å². The first-order chi connectivity index (χ1) is 8.72. The molecule has 0 aromatic heterocycles. The number of carbonyl (C=O) groups is 1. The fourth-order valence-corrected chi connectivity index (χ4v) is 2.08. The van der Waals surface area contributed by atoms with Crippen LogP contribution in [0.15, 0.2) is 42.5 Å². The van der Waals surface area contributed by atoms with E-state index in [2.05, 4.69) is 0 Å². The van der Waals surface area contributed by atoms with Crippen LogP contribution in [0.1, 0.15) is 24.9 Å². The quantitative estimate of drug-likeness (QED) is 0.875. The topological polar surface area (TPSA) is 52.3 Å². The molecule has 2 aromatic rings. The Morgan fingerprint density at radius 2 is 1.89 bits per heavy atom. The van der Waals surface area contributed by atoms with Gasteiger partial charge in [-0.1, -0.05) is 42.5 Å². The highest BCUT2D eigenvalue weighted by Crippen LogP contribution is 2.24. The van der Waals surface area contributed by atoms with Crippen molar-refractivity contribution in [3.05, 3.63) is 48.0 Å². The van der Waals surface area contributed by atoms with Crippen molar-refractivity contribution in [1.82, 2.24) is 0 Å². The van der Waals surface area contributed by atoms with Crippen LogP contribution >= 0.6 is 12.4 Å².